The van der Waals surface area contributed by atoms with E-state index in [4.69, 9.17) is 0 Å². The zero-order valence-electron chi connectivity index (χ0n) is 13.1. The second-order valence-electron chi connectivity index (χ2n) is 5.59. The summed E-state index contributed by atoms with van der Waals surface area (Å²) < 4.78 is 2.74. The highest BCUT2D eigenvalue weighted by Crippen LogP contribution is 2.21. The summed E-state index contributed by atoms with van der Waals surface area (Å²) in [7, 11) is 2.00. The minimum Gasteiger partial charge on any atom is -0.285 e. The van der Waals surface area contributed by atoms with E-state index in [2.05, 4.69) is 44.9 Å². The first-order valence-corrected chi connectivity index (χ1v) is 9.08. The first-order valence-electron chi connectivity index (χ1n) is 7.47. The van der Waals surface area contributed by atoms with E-state index in [1.54, 1.807) is 22.2 Å². The second-order valence-corrected chi connectivity index (χ2v) is 7.62. The number of aromatic nitrogens is 2. The topological polar surface area (TPSA) is 38.1 Å². The van der Waals surface area contributed by atoms with Crippen molar-refractivity contribution in [1.82, 2.24) is 14.5 Å². The van der Waals surface area contributed by atoms with E-state index in [1.165, 1.54) is 10.4 Å². The quantitative estimate of drug-likeness (QED) is 0.662. The number of hydrogen-bond acceptors (Lipinski definition) is 4. The van der Waals surface area contributed by atoms with E-state index in [0.29, 0.717) is 6.67 Å². The molecule has 0 radical (unpaired) electrons. The molecule has 6 heteroatoms. The van der Waals surface area contributed by atoms with Crippen molar-refractivity contribution in [2.75, 3.05) is 7.05 Å². The van der Waals surface area contributed by atoms with Gasteiger partial charge in [-0.2, -0.15) is 0 Å². The lowest BCUT2D eigenvalue weighted by molar-refractivity contribution is 0.256. The average Bonchev–Trinajstić information content (AvgIpc) is 2.96. The van der Waals surface area contributed by atoms with Crippen LogP contribution >= 0.6 is 27.3 Å². The minimum atomic E-state index is 0.0357. The van der Waals surface area contributed by atoms with Gasteiger partial charge in [-0.3, -0.25) is 14.3 Å². The summed E-state index contributed by atoms with van der Waals surface area (Å²) in [6.45, 7) is 3.39. The van der Waals surface area contributed by atoms with Crippen molar-refractivity contribution in [3.05, 3.63) is 61.9 Å². The first kappa shape index (κ1) is 16.4. The second kappa shape index (κ2) is 6.95. The molecule has 3 rings (SSSR count). The van der Waals surface area contributed by atoms with Gasteiger partial charge >= 0.3 is 0 Å². The molecule has 0 bridgehead atoms. The van der Waals surface area contributed by atoms with Gasteiger partial charge in [0.1, 0.15) is 11.2 Å². The van der Waals surface area contributed by atoms with Gasteiger partial charge in [-0.15, -0.1) is 11.3 Å². The molecule has 23 heavy (non-hydrogen) atoms. The molecule has 0 aliphatic heterocycles. The normalized spacial score (nSPS) is 11.5. The number of thiophene rings is 1. The van der Waals surface area contributed by atoms with Crippen molar-refractivity contribution >= 4 is 37.5 Å². The Morgan fingerprint density at radius 3 is 2.74 bits per heavy atom. The summed E-state index contributed by atoms with van der Waals surface area (Å²) >= 11 is 5.04. The van der Waals surface area contributed by atoms with Gasteiger partial charge in [0.25, 0.3) is 5.56 Å². The monoisotopic (exact) mass is 391 g/mol. The Morgan fingerprint density at radius 1 is 1.30 bits per heavy atom. The third-order valence-corrected chi connectivity index (χ3v) is 5.39. The molecule has 0 aliphatic rings. The summed E-state index contributed by atoms with van der Waals surface area (Å²) in [6.07, 6.45) is 2.59. The van der Waals surface area contributed by atoms with E-state index < -0.39 is 0 Å². The third kappa shape index (κ3) is 3.71. The van der Waals surface area contributed by atoms with Gasteiger partial charge in [0.2, 0.25) is 0 Å². The molecule has 0 N–H and O–H groups in total. The SMILES string of the molecule is CCc1cc2c(=O)n(CN(C)Cc3ccc(Br)cc3)cnc2s1. The molecule has 0 amide bonds. The molecule has 2 aromatic heterocycles. The number of benzene rings is 1. The summed E-state index contributed by atoms with van der Waals surface area (Å²) in [5.41, 5.74) is 1.25. The Morgan fingerprint density at radius 2 is 2.04 bits per heavy atom. The maximum absolute atomic E-state index is 12.6. The van der Waals surface area contributed by atoms with Gasteiger partial charge in [-0.05, 0) is 37.2 Å². The summed E-state index contributed by atoms with van der Waals surface area (Å²) in [5.74, 6) is 0. The lowest BCUT2D eigenvalue weighted by Gasteiger charge is -2.18. The average molecular weight is 392 g/mol. The lowest BCUT2D eigenvalue weighted by Crippen LogP contribution is -2.29. The fourth-order valence-electron chi connectivity index (χ4n) is 2.50. The van der Waals surface area contributed by atoms with Crippen molar-refractivity contribution in [3.63, 3.8) is 0 Å². The van der Waals surface area contributed by atoms with Gasteiger partial charge in [-0.1, -0.05) is 35.0 Å². The zero-order valence-corrected chi connectivity index (χ0v) is 15.5. The summed E-state index contributed by atoms with van der Waals surface area (Å²) in [6, 6.07) is 10.2. The van der Waals surface area contributed by atoms with Gasteiger partial charge < -0.3 is 0 Å². The van der Waals surface area contributed by atoms with Crippen LogP contribution in [0.2, 0.25) is 0 Å². The molecule has 120 valence electrons. The molecule has 1 aromatic carbocycles. The zero-order chi connectivity index (χ0) is 16.4. The van der Waals surface area contributed by atoms with Crippen molar-refractivity contribution in [3.8, 4) is 0 Å². The molecule has 0 spiro atoms. The van der Waals surface area contributed by atoms with Crippen LogP contribution in [0.4, 0.5) is 0 Å². The first-order chi connectivity index (χ1) is 11.1. The van der Waals surface area contributed by atoms with E-state index in [0.717, 1.165) is 27.7 Å². The Bertz CT molecular complexity index is 870. The molecule has 0 aliphatic carbocycles. The van der Waals surface area contributed by atoms with E-state index >= 15 is 0 Å². The predicted octanol–water partition coefficient (Wildman–Crippen LogP) is 3.87. The van der Waals surface area contributed by atoms with Crippen LogP contribution in [-0.4, -0.2) is 21.5 Å². The number of nitrogens with zero attached hydrogens (tertiary/aromatic N) is 3. The summed E-state index contributed by atoms with van der Waals surface area (Å²) in [5, 5.41) is 0.728. The molecule has 4 nitrogen and oxygen atoms in total. The Hall–Kier alpha value is -1.50. The molecule has 0 fully saturated rings. The van der Waals surface area contributed by atoms with Crippen molar-refractivity contribution in [2.24, 2.45) is 0 Å². The van der Waals surface area contributed by atoms with Gasteiger partial charge in [0.05, 0.1) is 12.1 Å². The van der Waals surface area contributed by atoms with Crippen molar-refractivity contribution in [1.29, 1.82) is 0 Å². The van der Waals surface area contributed by atoms with Crippen molar-refractivity contribution in [2.45, 2.75) is 26.6 Å². The largest absolute Gasteiger partial charge is 0.285 e. The molecule has 0 saturated heterocycles. The van der Waals surface area contributed by atoms with Crippen LogP contribution in [0.15, 0.2) is 45.9 Å². The molecule has 0 saturated carbocycles. The number of hydrogen-bond donors (Lipinski definition) is 0. The number of rotatable bonds is 5. The van der Waals surface area contributed by atoms with Crippen LogP contribution in [0.5, 0.6) is 0 Å². The summed E-state index contributed by atoms with van der Waals surface area (Å²) in [4.78, 5) is 21.2. The van der Waals surface area contributed by atoms with Crippen molar-refractivity contribution < 1.29 is 0 Å². The molecule has 2 heterocycles. The van der Waals surface area contributed by atoms with Crippen LogP contribution in [0.1, 0.15) is 17.4 Å². The number of halogens is 1. The predicted molar refractivity (Wildman–Crippen MR) is 98.9 cm³/mol. The maximum atomic E-state index is 12.6. The van der Waals surface area contributed by atoms with E-state index in [1.807, 2.05) is 25.2 Å². The Balaban J connectivity index is 1.79. The fraction of sp³-hybridized carbons (Fsp3) is 0.294. The maximum Gasteiger partial charge on any atom is 0.263 e. The molecule has 3 aromatic rings. The van der Waals surface area contributed by atoms with Gasteiger partial charge in [-0.25, -0.2) is 4.98 Å². The number of aryl methyl sites for hydroxylation is 1. The van der Waals surface area contributed by atoms with Gasteiger partial charge in [0.15, 0.2) is 0 Å². The smallest absolute Gasteiger partial charge is 0.263 e. The van der Waals surface area contributed by atoms with Crippen LogP contribution in [-0.2, 0) is 19.6 Å². The lowest BCUT2D eigenvalue weighted by atomic mass is 10.2. The van der Waals surface area contributed by atoms with Crippen LogP contribution < -0.4 is 5.56 Å². The van der Waals surface area contributed by atoms with E-state index in [-0.39, 0.29) is 5.56 Å². The highest BCUT2D eigenvalue weighted by atomic mass is 79.9. The van der Waals surface area contributed by atoms with Crippen LogP contribution in [0, 0.1) is 0 Å². The van der Waals surface area contributed by atoms with Crippen LogP contribution in [0.25, 0.3) is 10.2 Å². The number of fused-ring (bicyclic) bond motifs is 1. The van der Waals surface area contributed by atoms with Gasteiger partial charge in [0, 0.05) is 15.9 Å². The Kier molecular flexibility index (Phi) is 4.94. The highest BCUT2D eigenvalue weighted by molar-refractivity contribution is 9.10. The van der Waals surface area contributed by atoms with Crippen LogP contribution in [0.3, 0.4) is 0 Å². The minimum absolute atomic E-state index is 0.0357. The molecular formula is C17H18BrN3OS. The fourth-order valence-corrected chi connectivity index (χ4v) is 3.69. The van der Waals surface area contributed by atoms with E-state index in [9.17, 15) is 4.79 Å². The molecule has 0 unspecified atom stereocenters. The molecule has 0 atom stereocenters. The molecular weight excluding hydrogens is 374 g/mol. The Labute approximate surface area is 147 Å². The standard InChI is InChI=1S/C17H18BrN3OS/c1-3-14-8-15-16(23-14)19-10-21(17(15)22)11-20(2)9-12-4-6-13(18)7-5-12/h4-8,10H,3,9,11H2,1-2H3. The highest BCUT2D eigenvalue weighted by Gasteiger charge is 2.09. The third-order valence-electron chi connectivity index (χ3n) is 3.68.